The standard InChI is InChI=1S/C13H11NO4S/c15-9-17-8-10-6-7-19-12(10)14-13(16)18-11-4-2-1-3-5-11/h1-7,9H,8H2,(H,14,16). The van der Waals surface area contributed by atoms with Crippen LogP contribution in [0.1, 0.15) is 5.56 Å². The Balaban J connectivity index is 1.95. The van der Waals surface area contributed by atoms with Gasteiger partial charge < -0.3 is 9.47 Å². The first-order chi connectivity index (χ1) is 9.29. The maximum atomic E-state index is 11.7. The highest BCUT2D eigenvalue weighted by molar-refractivity contribution is 7.14. The number of carbonyl (C=O) groups excluding carboxylic acids is 2. The first-order valence-electron chi connectivity index (χ1n) is 5.45. The van der Waals surface area contributed by atoms with Crippen molar-refractivity contribution in [3.05, 3.63) is 47.3 Å². The predicted molar refractivity (Wildman–Crippen MR) is 71.3 cm³/mol. The quantitative estimate of drug-likeness (QED) is 0.853. The molecule has 0 aliphatic rings. The number of thiophene rings is 1. The Bertz CT molecular complexity index is 553. The summed E-state index contributed by atoms with van der Waals surface area (Å²) in [6.45, 7) is 0.484. The van der Waals surface area contributed by atoms with Crippen LogP contribution in [0.15, 0.2) is 41.8 Å². The molecule has 0 saturated carbocycles. The van der Waals surface area contributed by atoms with Crippen LogP contribution in [0.25, 0.3) is 0 Å². The van der Waals surface area contributed by atoms with Gasteiger partial charge in [0.25, 0.3) is 6.47 Å². The van der Waals surface area contributed by atoms with Gasteiger partial charge in [-0.15, -0.1) is 11.3 Å². The maximum absolute atomic E-state index is 11.7. The molecule has 0 unspecified atom stereocenters. The molecule has 0 radical (unpaired) electrons. The average Bonchev–Trinajstić information content (AvgIpc) is 2.84. The van der Waals surface area contributed by atoms with E-state index in [9.17, 15) is 9.59 Å². The van der Waals surface area contributed by atoms with Crippen LogP contribution in [-0.4, -0.2) is 12.6 Å². The minimum atomic E-state index is -0.582. The summed E-state index contributed by atoms with van der Waals surface area (Å²) < 4.78 is 9.75. The van der Waals surface area contributed by atoms with Gasteiger partial charge in [0.2, 0.25) is 0 Å². The molecule has 0 spiro atoms. The van der Waals surface area contributed by atoms with Crippen molar-refractivity contribution >= 4 is 28.9 Å². The van der Waals surface area contributed by atoms with E-state index in [1.54, 1.807) is 35.7 Å². The summed E-state index contributed by atoms with van der Waals surface area (Å²) in [5, 5.41) is 5.00. The van der Waals surface area contributed by atoms with Crippen molar-refractivity contribution in [2.75, 3.05) is 5.32 Å². The summed E-state index contributed by atoms with van der Waals surface area (Å²) in [5.74, 6) is 0.460. The summed E-state index contributed by atoms with van der Waals surface area (Å²) in [6.07, 6.45) is -0.582. The van der Waals surface area contributed by atoms with Gasteiger partial charge in [0.15, 0.2) is 0 Å². The first kappa shape index (κ1) is 13.1. The number of amides is 1. The normalized spacial score (nSPS) is 9.68. The average molecular weight is 277 g/mol. The number of hydrogen-bond donors (Lipinski definition) is 1. The molecule has 0 aliphatic heterocycles. The molecule has 5 nitrogen and oxygen atoms in total. The van der Waals surface area contributed by atoms with E-state index in [-0.39, 0.29) is 6.61 Å². The Morgan fingerprint density at radius 3 is 2.79 bits per heavy atom. The zero-order chi connectivity index (χ0) is 13.5. The SMILES string of the molecule is O=COCc1ccsc1NC(=O)Oc1ccccc1. The molecule has 6 heteroatoms. The molecule has 98 valence electrons. The lowest BCUT2D eigenvalue weighted by Crippen LogP contribution is -2.16. The monoisotopic (exact) mass is 277 g/mol. The van der Waals surface area contributed by atoms with Crippen LogP contribution in [0.3, 0.4) is 0 Å². The molecule has 0 aliphatic carbocycles. The summed E-state index contributed by atoms with van der Waals surface area (Å²) in [5.41, 5.74) is 0.724. The van der Waals surface area contributed by atoms with Gasteiger partial charge in [0.1, 0.15) is 17.4 Å². The molecule has 1 amide bonds. The number of rotatable bonds is 5. The summed E-state index contributed by atoms with van der Waals surface area (Å²) >= 11 is 1.33. The van der Waals surface area contributed by atoms with E-state index in [2.05, 4.69) is 10.1 Å². The van der Waals surface area contributed by atoms with Gasteiger partial charge in [0, 0.05) is 5.56 Å². The molecule has 0 atom stereocenters. The second-order valence-corrected chi connectivity index (χ2v) is 4.43. The lowest BCUT2D eigenvalue weighted by Gasteiger charge is -2.06. The van der Waals surface area contributed by atoms with E-state index in [1.807, 2.05) is 6.07 Å². The third kappa shape index (κ3) is 3.82. The Kier molecular flexibility index (Phi) is 4.52. The molecule has 2 aromatic rings. The van der Waals surface area contributed by atoms with Gasteiger partial charge in [-0.05, 0) is 23.6 Å². The molecule has 0 fully saturated rings. The number of carbonyl (C=O) groups is 2. The minimum Gasteiger partial charge on any atom is -0.463 e. The number of hydrogen-bond acceptors (Lipinski definition) is 5. The molecule has 1 N–H and O–H groups in total. The van der Waals surface area contributed by atoms with E-state index in [0.29, 0.717) is 17.2 Å². The molecule has 0 saturated heterocycles. The van der Waals surface area contributed by atoms with Crippen molar-refractivity contribution in [3.8, 4) is 5.75 Å². The van der Waals surface area contributed by atoms with Crippen molar-refractivity contribution < 1.29 is 19.1 Å². The maximum Gasteiger partial charge on any atom is 0.417 e. The van der Waals surface area contributed by atoms with Crippen LogP contribution in [0, 0.1) is 0 Å². The summed E-state index contributed by atoms with van der Waals surface area (Å²) in [4.78, 5) is 21.8. The van der Waals surface area contributed by atoms with Gasteiger partial charge in [-0.1, -0.05) is 18.2 Å². The van der Waals surface area contributed by atoms with Crippen molar-refractivity contribution in [2.24, 2.45) is 0 Å². The van der Waals surface area contributed by atoms with Crippen LogP contribution >= 0.6 is 11.3 Å². The van der Waals surface area contributed by atoms with Crippen LogP contribution in [0.5, 0.6) is 5.75 Å². The Morgan fingerprint density at radius 1 is 1.26 bits per heavy atom. The fourth-order valence-corrected chi connectivity index (χ4v) is 2.19. The molecule has 1 aromatic carbocycles. The van der Waals surface area contributed by atoms with Crippen LogP contribution < -0.4 is 10.1 Å². The second-order valence-electron chi connectivity index (χ2n) is 3.51. The Labute approximate surface area is 113 Å². The summed E-state index contributed by atoms with van der Waals surface area (Å²) in [6, 6.07) is 10.5. The molecular formula is C13H11NO4S. The molecule has 19 heavy (non-hydrogen) atoms. The third-order valence-corrected chi connectivity index (χ3v) is 3.10. The molecular weight excluding hydrogens is 266 g/mol. The number of anilines is 1. The predicted octanol–water partition coefficient (Wildman–Crippen LogP) is 3.03. The van der Waals surface area contributed by atoms with Crippen LogP contribution in [0.2, 0.25) is 0 Å². The van der Waals surface area contributed by atoms with Gasteiger partial charge >= 0.3 is 6.09 Å². The van der Waals surface area contributed by atoms with E-state index < -0.39 is 6.09 Å². The lowest BCUT2D eigenvalue weighted by atomic mass is 10.3. The Hall–Kier alpha value is -2.34. The fraction of sp³-hybridized carbons (Fsp3) is 0.0769. The molecule has 1 aromatic heterocycles. The Morgan fingerprint density at radius 2 is 2.05 bits per heavy atom. The minimum absolute atomic E-state index is 0.119. The highest BCUT2D eigenvalue weighted by atomic mass is 32.1. The van der Waals surface area contributed by atoms with Crippen LogP contribution in [0.4, 0.5) is 9.80 Å². The fourth-order valence-electron chi connectivity index (χ4n) is 1.40. The number of ether oxygens (including phenoxy) is 2. The topological polar surface area (TPSA) is 64.6 Å². The van der Waals surface area contributed by atoms with E-state index >= 15 is 0 Å². The largest absolute Gasteiger partial charge is 0.463 e. The third-order valence-electron chi connectivity index (χ3n) is 2.22. The first-order valence-corrected chi connectivity index (χ1v) is 6.33. The smallest absolute Gasteiger partial charge is 0.417 e. The number of benzene rings is 1. The van der Waals surface area contributed by atoms with Crippen LogP contribution in [-0.2, 0) is 16.1 Å². The van der Waals surface area contributed by atoms with Gasteiger partial charge in [0.05, 0.1) is 0 Å². The second kappa shape index (κ2) is 6.55. The molecule has 1 heterocycles. The lowest BCUT2D eigenvalue weighted by molar-refractivity contribution is -0.129. The number of nitrogens with one attached hydrogen (secondary N) is 1. The van der Waals surface area contributed by atoms with Gasteiger partial charge in [-0.2, -0.15) is 0 Å². The van der Waals surface area contributed by atoms with Crippen molar-refractivity contribution in [1.29, 1.82) is 0 Å². The van der Waals surface area contributed by atoms with Gasteiger partial charge in [-0.25, -0.2) is 4.79 Å². The van der Waals surface area contributed by atoms with Gasteiger partial charge in [-0.3, -0.25) is 10.1 Å². The molecule has 2 rings (SSSR count). The summed E-state index contributed by atoms with van der Waals surface area (Å²) in [7, 11) is 0. The zero-order valence-electron chi connectivity index (χ0n) is 9.87. The van der Waals surface area contributed by atoms with E-state index in [0.717, 1.165) is 5.56 Å². The highest BCUT2D eigenvalue weighted by Gasteiger charge is 2.10. The molecule has 0 bridgehead atoms. The zero-order valence-corrected chi connectivity index (χ0v) is 10.7. The van der Waals surface area contributed by atoms with Crippen molar-refractivity contribution in [2.45, 2.75) is 6.61 Å². The van der Waals surface area contributed by atoms with E-state index in [4.69, 9.17) is 4.74 Å². The van der Waals surface area contributed by atoms with Crippen molar-refractivity contribution in [3.63, 3.8) is 0 Å². The van der Waals surface area contributed by atoms with E-state index in [1.165, 1.54) is 11.3 Å². The van der Waals surface area contributed by atoms with Crippen molar-refractivity contribution in [1.82, 2.24) is 0 Å². The number of para-hydroxylation sites is 1. The highest BCUT2D eigenvalue weighted by Crippen LogP contribution is 2.24.